The summed E-state index contributed by atoms with van der Waals surface area (Å²) in [7, 11) is 0. The van der Waals surface area contributed by atoms with Crippen LogP contribution in [0.3, 0.4) is 0 Å². The third-order valence-corrected chi connectivity index (χ3v) is 5.38. The van der Waals surface area contributed by atoms with E-state index in [1.165, 1.54) is 0 Å². The van der Waals surface area contributed by atoms with E-state index in [9.17, 15) is 9.59 Å². The van der Waals surface area contributed by atoms with Gasteiger partial charge in [0, 0.05) is 41.3 Å². The van der Waals surface area contributed by atoms with Crippen molar-refractivity contribution in [2.45, 2.75) is 19.8 Å². The van der Waals surface area contributed by atoms with E-state index in [0.29, 0.717) is 23.7 Å². The first-order valence-electron chi connectivity index (χ1n) is 10.1. The Bertz CT molecular complexity index is 1050. The molecule has 2 aromatic carbocycles. The fourth-order valence-electron chi connectivity index (χ4n) is 3.85. The average molecular weight is 387 g/mol. The van der Waals surface area contributed by atoms with Crippen LogP contribution >= 0.6 is 0 Å². The van der Waals surface area contributed by atoms with Crippen molar-refractivity contribution in [3.8, 4) is 0 Å². The molecular weight excluding hydrogens is 362 g/mol. The first kappa shape index (κ1) is 19.0. The van der Waals surface area contributed by atoms with Gasteiger partial charge in [0.1, 0.15) is 5.70 Å². The molecule has 1 unspecified atom stereocenters. The van der Waals surface area contributed by atoms with Gasteiger partial charge in [-0.3, -0.25) is 9.59 Å². The molecule has 1 aliphatic heterocycles. The lowest BCUT2D eigenvalue weighted by Gasteiger charge is -2.31. The number of H-pyrrole nitrogens is 1. The average Bonchev–Trinajstić information content (AvgIpc) is 3.16. The van der Waals surface area contributed by atoms with E-state index in [2.05, 4.69) is 17.2 Å². The Hall–Kier alpha value is -3.34. The van der Waals surface area contributed by atoms with Crippen molar-refractivity contribution < 1.29 is 9.59 Å². The maximum Gasteiger partial charge on any atom is 0.270 e. The smallest absolute Gasteiger partial charge is 0.270 e. The molecule has 0 saturated carbocycles. The highest BCUT2D eigenvalue weighted by atomic mass is 16.2. The summed E-state index contributed by atoms with van der Waals surface area (Å²) in [6, 6.07) is 16.9. The van der Waals surface area contributed by atoms with Crippen LogP contribution in [0.4, 0.5) is 0 Å². The number of carbonyl (C=O) groups excluding carboxylic acids is 2. The molecule has 1 aliphatic rings. The summed E-state index contributed by atoms with van der Waals surface area (Å²) in [5, 5.41) is 3.88. The molecular formula is C24H25N3O2. The van der Waals surface area contributed by atoms with Gasteiger partial charge in [-0.25, -0.2) is 0 Å². The van der Waals surface area contributed by atoms with Gasteiger partial charge in [0.05, 0.1) is 0 Å². The molecule has 148 valence electrons. The molecule has 3 aromatic rings. The van der Waals surface area contributed by atoms with Crippen molar-refractivity contribution in [1.29, 1.82) is 0 Å². The van der Waals surface area contributed by atoms with E-state index >= 15 is 0 Å². The van der Waals surface area contributed by atoms with Crippen LogP contribution in [0.2, 0.25) is 0 Å². The van der Waals surface area contributed by atoms with Gasteiger partial charge in [-0.15, -0.1) is 0 Å². The van der Waals surface area contributed by atoms with Gasteiger partial charge < -0.3 is 15.2 Å². The zero-order valence-corrected chi connectivity index (χ0v) is 16.5. The summed E-state index contributed by atoms with van der Waals surface area (Å²) < 4.78 is 0. The van der Waals surface area contributed by atoms with Crippen LogP contribution in [-0.2, 0) is 4.79 Å². The highest BCUT2D eigenvalue weighted by molar-refractivity contribution is 6.06. The molecule has 4 rings (SSSR count). The lowest BCUT2D eigenvalue weighted by Crippen LogP contribution is -2.43. The van der Waals surface area contributed by atoms with Crippen molar-refractivity contribution in [3.63, 3.8) is 0 Å². The predicted molar refractivity (Wildman–Crippen MR) is 115 cm³/mol. The topological polar surface area (TPSA) is 65.2 Å². The Morgan fingerprint density at radius 3 is 2.66 bits per heavy atom. The van der Waals surface area contributed by atoms with Gasteiger partial charge in [0.2, 0.25) is 0 Å². The number of nitrogens with zero attached hydrogens (tertiary/aromatic N) is 1. The van der Waals surface area contributed by atoms with Gasteiger partial charge in [0.25, 0.3) is 11.8 Å². The number of benzene rings is 2. The molecule has 0 bridgehead atoms. The number of hydrogen-bond donors (Lipinski definition) is 2. The van der Waals surface area contributed by atoms with Crippen molar-refractivity contribution in [3.05, 3.63) is 77.6 Å². The number of fused-ring (bicyclic) bond motifs is 1. The molecule has 2 heterocycles. The molecule has 0 aliphatic carbocycles. The minimum absolute atomic E-state index is 0.133. The number of aromatic nitrogens is 1. The van der Waals surface area contributed by atoms with Crippen LogP contribution in [0.1, 0.15) is 35.7 Å². The van der Waals surface area contributed by atoms with E-state index in [1.807, 2.05) is 53.6 Å². The van der Waals surface area contributed by atoms with Gasteiger partial charge in [-0.2, -0.15) is 0 Å². The lowest BCUT2D eigenvalue weighted by molar-refractivity contribution is -0.129. The monoisotopic (exact) mass is 387 g/mol. The highest BCUT2D eigenvalue weighted by Gasteiger charge is 2.25. The lowest BCUT2D eigenvalue weighted by atomic mass is 10.00. The molecule has 1 fully saturated rings. The Balaban J connectivity index is 1.68. The second-order valence-electron chi connectivity index (χ2n) is 7.67. The Morgan fingerprint density at radius 2 is 1.86 bits per heavy atom. The van der Waals surface area contributed by atoms with Gasteiger partial charge >= 0.3 is 0 Å². The minimum atomic E-state index is -0.282. The maximum absolute atomic E-state index is 13.3. The molecule has 1 atom stereocenters. The molecule has 2 amide bonds. The minimum Gasteiger partial charge on any atom is -0.361 e. The number of carbonyl (C=O) groups is 2. The van der Waals surface area contributed by atoms with Crippen molar-refractivity contribution in [1.82, 2.24) is 15.2 Å². The predicted octanol–water partition coefficient (Wildman–Crippen LogP) is 4.20. The molecule has 1 aromatic heterocycles. The van der Waals surface area contributed by atoms with Gasteiger partial charge in [0.15, 0.2) is 0 Å². The second kappa shape index (κ2) is 8.35. The van der Waals surface area contributed by atoms with Crippen LogP contribution in [-0.4, -0.2) is 34.8 Å². The molecule has 29 heavy (non-hydrogen) atoms. The van der Waals surface area contributed by atoms with Crippen LogP contribution in [0.25, 0.3) is 17.0 Å². The first-order valence-corrected chi connectivity index (χ1v) is 10.1. The fraction of sp³-hybridized carbons (Fsp3) is 0.250. The van der Waals surface area contributed by atoms with Crippen molar-refractivity contribution in [2.24, 2.45) is 5.92 Å². The van der Waals surface area contributed by atoms with Crippen molar-refractivity contribution >= 4 is 28.8 Å². The molecule has 5 nitrogen and oxygen atoms in total. The normalized spacial score (nSPS) is 17.3. The van der Waals surface area contributed by atoms with Crippen LogP contribution < -0.4 is 5.32 Å². The SMILES string of the molecule is CC1CCCN(C(=O)/C(=C/c2c[nH]c3ccccc23)NC(=O)c2ccccc2)C1. The zero-order valence-electron chi connectivity index (χ0n) is 16.5. The zero-order chi connectivity index (χ0) is 20.2. The molecule has 5 heteroatoms. The van der Waals surface area contributed by atoms with E-state index in [4.69, 9.17) is 0 Å². The van der Waals surface area contributed by atoms with E-state index < -0.39 is 0 Å². The first-order chi connectivity index (χ1) is 14.1. The van der Waals surface area contributed by atoms with Crippen LogP contribution in [0.15, 0.2) is 66.5 Å². The number of rotatable bonds is 4. The number of likely N-dealkylation sites (tertiary alicyclic amines) is 1. The maximum atomic E-state index is 13.3. The Kier molecular flexibility index (Phi) is 5.47. The number of amides is 2. The Labute approximate surface area is 170 Å². The largest absolute Gasteiger partial charge is 0.361 e. The second-order valence-corrected chi connectivity index (χ2v) is 7.67. The summed E-state index contributed by atoms with van der Waals surface area (Å²) in [6.07, 6.45) is 5.76. The van der Waals surface area contributed by atoms with Crippen molar-refractivity contribution in [2.75, 3.05) is 13.1 Å². The summed E-state index contributed by atoms with van der Waals surface area (Å²) >= 11 is 0. The molecule has 2 N–H and O–H groups in total. The standard InChI is InChI=1S/C24H25N3O2/c1-17-8-7-13-27(16-17)24(29)22(26-23(28)18-9-3-2-4-10-18)14-19-15-25-21-12-6-5-11-20(19)21/h2-6,9-12,14-15,17,25H,7-8,13,16H2,1H3,(H,26,28)/b22-14-. The van der Waals surface area contributed by atoms with Crippen LogP contribution in [0, 0.1) is 5.92 Å². The third kappa shape index (κ3) is 4.24. The Morgan fingerprint density at radius 1 is 1.10 bits per heavy atom. The van der Waals surface area contributed by atoms with Gasteiger partial charge in [-0.1, -0.05) is 43.3 Å². The highest BCUT2D eigenvalue weighted by Crippen LogP contribution is 2.22. The molecule has 0 radical (unpaired) electrons. The van der Waals surface area contributed by atoms with E-state index in [1.54, 1.807) is 18.2 Å². The van der Waals surface area contributed by atoms with Gasteiger partial charge in [-0.05, 0) is 43.0 Å². The number of nitrogens with one attached hydrogen (secondary N) is 2. The summed E-state index contributed by atoms with van der Waals surface area (Å²) in [4.78, 5) is 31.1. The third-order valence-electron chi connectivity index (χ3n) is 5.38. The van der Waals surface area contributed by atoms with E-state index in [-0.39, 0.29) is 11.8 Å². The summed E-state index contributed by atoms with van der Waals surface area (Å²) in [6.45, 7) is 3.59. The summed E-state index contributed by atoms with van der Waals surface area (Å²) in [5.74, 6) is 0.0491. The quantitative estimate of drug-likeness (QED) is 0.659. The number of piperidine rings is 1. The van der Waals surface area contributed by atoms with Crippen LogP contribution in [0.5, 0.6) is 0 Å². The number of hydrogen-bond acceptors (Lipinski definition) is 2. The molecule has 1 saturated heterocycles. The fourth-order valence-corrected chi connectivity index (χ4v) is 3.85. The van der Waals surface area contributed by atoms with E-state index in [0.717, 1.165) is 35.9 Å². The number of aromatic amines is 1. The summed E-state index contributed by atoms with van der Waals surface area (Å²) in [5.41, 5.74) is 2.70. The molecule has 0 spiro atoms. The number of para-hydroxylation sites is 1.